The first-order valence-corrected chi connectivity index (χ1v) is 12.3. The fourth-order valence-corrected chi connectivity index (χ4v) is 4.44. The molecule has 1 aliphatic rings. The van der Waals surface area contributed by atoms with Crippen LogP contribution in [0.1, 0.15) is 41.4 Å². The van der Waals surface area contributed by atoms with Crippen LogP contribution in [0, 0.1) is 0 Å². The van der Waals surface area contributed by atoms with Crippen LogP contribution >= 0.6 is 23.2 Å². The van der Waals surface area contributed by atoms with E-state index in [-0.39, 0.29) is 11.8 Å². The van der Waals surface area contributed by atoms with Crippen molar-refractivity contribution in [2.24, 2.45) is 0 Å². The van der Waals surface area contributed by atoms with E-state index in [1.165, 1.54) is 0 Å². The standard InChI is InChI=1S/C27H26Cl2N4O2/c1-3-32(4-2)23-15-5-18(6-16-23)17-33-25(19-7-11-21(28)12-8-19)24(27(35)31-33)30-26(34)20-9-13-22(29)14-10-20/h5-17,24-25H,3-4H2,1-2H3,(H-,30,31,34,35)/p+1/t24-,25-/m1/s1. The molecule has 0 unspecified atom stereocenters. The molecule has 1 aliphatic heterocycles. The number of hydrazone groups is 1. The van der Waals surface area contributed by atoms with Crippen molar-refractivity contribution in [1.82, 2.24) is 10.7 Å². The fraction of sp³-hybridized carbons (Fsp3) is 0.222. The normalized spacial score (nSPS) is 18.4. The Morgan fingerprint density at radius 3 is 2.09 bits per heavy atom. The molecule has 0 bridgehead atoms. The molecule has 4 rings (SSSR count). The maximum atomic E-state index is 13.0. The van der Waals surface area contributed by atoms with Crippen molar-refractivity contribution in [3.63, 3.8) is 0 Å². The summed E-state index contributed by atoms with van der Waals surface area (Å²) < 4.78 is 1.74. The lowest BCUT2D eigenvalue weighted by Gasteiger charge is -2.20. The van der Waals surface area contributed by atoms with Gasteiger partial charge in [-0.2, -0.15) is 0 Å². The maximum absolute atomic E-state index is 13.0. The molecule has 1 saturated heterocycles. The summed E-state index contributed by atoms with van der Waals surface area (Å²) in [5.41, 5.74) is 6.22. The van der Waals surface area contributed by atoms with Crippen molar-refractivity contribution < 1.29 is 14.3 Å². The smallest absolute Gasteiger partial charge is 0.304 e. The number of nitrogens with zero attached hydrogens (tertiary/aromatic N) is 2. The lowest BCUT2D eigenvalue weighted by Crippen LogP contribution is -2.42. The summed E-state index contributed by atoms with van der Waals surface area (Å²) in [6.07, 6.45) is 1.87. The second-order valence-electron chi connectivity index (χ2n) is 8.23. The highest BCUT2D eigenvalue weighted by Crippen LogP contribution is 2.27. The third-order valence-electron chi connectivity index (χ3n) is 6.05. The van der Waals surface area contributed by atoms with Crippen molar-refractivity contribution in [3.05, 3.63) is 99.5 Å². The SMILES string of the molecule is CCN(CC)c1ccc(/C=[N+]2\NC(=O)[C@H](NC(=O)c3ccc(Cl)cc3)[C@H]2c2ccc(Cl)cc2)cc1. The number of benzene rings is 3. The Kier molecular flexibility index (Phi) is 7.73. The largest absolute Gasteiger partial charge is 0.372 e. The highest BCUT2D eigenvalue weighted by Gasteiger charge is 2.47. The van der Waals surface area contributed by atoms with E-state index in [1.807, 2.05) is 30.5 Å². The Labute approximate surface area is 215 Å². The molecule has 0 spiro atoms. The summed E-state index contributed by atoms with van der Waals surface area (Å²) in [6, 6.07) is 20.7. The summed E-state index contributed by atoms with van der Waals surface area (Å²) in [5, 5.41) is 4.01. The van der Waals surface area contributed by atoms with Gasteiger partial charge in [-0.3, -0.25) is 9.59 Å². The first kappa shape index (κ1) is 24.8. The molecular weight excluding hydrogens is 483 g/mol. The average molecular weight is 510 g/mol. The number of nitrogens with one attached hydrogen (secondary N) is 2. The van der Waals surface area contributed by atoms with Gasteiger partial charge in [0.05, 0.1) is 0 Å². The van der Waals surface area contributed by atoms with E-state index in [9.17, 15) is 9.59 Å². The van der Waals surface area contributed by atoms with Gasteiger partial charge < -0.3 is 10.2 Å². The van der Waals surface area contributed by atoms with Gasteiger partial charge in [-0.05, 0) is 74.5 Å². The van der Waals surface area contributed by atoms with E-state index >= 15 is 0 Å². The molecule has 6 nitrogen and oxygen atoms in total. The molecule has 2 amide bonds. The highest BCUT2D eigenvalue weighted by atomic mass is 35.5. The van der Waals surface area contributed by atoms with Crippen LogP contribution < -0.4 is 15.6 Å². The van der Waals surface area contributed by atoms with Gasteiger partial charge in [-0.15, -0.1) is 10.1 Å². The van der Waals surface area contributed by atoms with E-state index < -0.39 is 12.1 Å². The van der Waals surface area contributed by atoms with Gasteiger partial charge >= 0.3 is 5.91 Å². The number of anilines is 1. The molecule has 1 heterocycles. The number of amides is 2. The third-order valence-corrected chi connectivity index (χ3v) is 6.56. The third kappa shape index (κ3) is 5.66. The van der Waals surface area contributed by atoms with E-state index in [0.717, 1.165) is 29.9 Å². The van der Waals surface area contributed by atoms with Crippen molar-refractivity contribution >= 4 is 46.9 Å². The number of carbonyl (C=O) groups excluding carboxylic acids is 2. The molecule has 180 valence electrons. The van der Waals surface area contributed by atoms with Crippen molar-refractivity contribution in [3.8, 4) is 0 Å². The van der Waals surface area contributed by atoms with Crippen LogP contribution in [0.3, 0.4) is 0 Å². The Hall–Kier alpha value is -3.35. The summed E-state index contributed by atoms with van der Waals surface area (Å²) in [4.78, 5) is 28.2. The Balaban J connectivity index is 1.66. The van der Waals surface area contributed by atoms with Gasteiger partial charge in [0.25, 0.3) is 5.91 Å². The zero-order chi connectivity index (χ0) is 24.9. The van der Waals surface area contributed by atoms with Crippen LogP contribution in [-0.4, -0.2) is 41.8 Å². The van der Waals surface area contributed by atoms with Crippen LogP contribution in [0.25, 0.3) is 0 Å². The highest BCUT2D eigenvalue weighted by molar-refractivity contribution is 6.30. The molecule has 0 aliphatic carbocycles. The fourth-order valence-electron chi connectivity index (χ4n) is 4.19. The zero-order valence-electron chi connectivity index (χ0n) is 19.5. The topological polar surface area (TPSA) is 64.5 Å². The Bertz CT molecular complexity index is 1220. The molecule has 1 fully saturated rings. The van der Waals surface area contributed by atoms with E-state index in [2.05, 4.69) is 41.6 Å². The van der Waals surface area contributed by atoms with Crippen LogP contribution in [0.15, 0.2) is 72.8 Å². The summed E-state index contributed by atoms with van der Waals surface area (Å²) in [7, 11) is 0. The number of hydrazine groups is 1. The van der Waals surface area contributed by atoms with E-state index in [0.29, 0.717) is 15.6 Å². The number of halogens is 2. The average Bonchev–Trinajstić information content (AvgIpc) is 3.16. The minimum Gasteiger partial charge on any atom is -0.372 e. The molecule has 3 aromatic carbocycles. The summed E-state index contributed by atoms with van der Waals surface area (Å²) in [5.74, 6) is -0.658. The lowest BCUT2D eigenvalue weighted by molar-refractivity contribution is -0.596. The van der Waals surface area contributed by atoms with Gasteiger partial charge in [0.1, 0.15) is 0 Å². The second kappa shape index (κ2) is 10.9. The quantitative estimate of drug-likeness (QED) is 0.447. The van der Waals surface area contributed by atoms with Gasteiger partial charge in [0.2, 0.25) is 12.3 Å². The number of hydrogen-bond acceptors (Lipinski definition) is 3. The molecule has 8 heteroatoms. The number of carbonyl (C=O) groups is 2. The van der Waals surface area contributed by atoms with E-state index in [1.54, 1.807) is 41.1 Å². The zero-order valence-corrected chi connectivity index (χ0v) is 21.1. The molecule has 35 heavy (non-hydrogen) atoms. The van der Waals surface area contributed by atoms with Crippen molar-refractivity contribution in [2.75, 3.05) is 18.0 Å². The van der Waals surface area contributed by atoms with E-state index in [4.69, 9.17) is 23.2 Å². The second-order valence-corrected chi connectivity index (χ2v) is 9.10. The Morgan fingerprint density at radius 2 is 1.51 bits per heavy atom. The monoisotopic (exact) mass is 509 g/mol. The van der Waals surface area contributed by atoms with Crippen LogP contribution in [0.4, 0.5) is 5.69 Å². The number of hydrogen-bond donors (Lipinski definition) is 2. The maximum Gasteiger partial charge on any atom is 0.304 e. The van der Waals surface area contributed by atoms with Crippen molar-refractivity contribution in [2.45, 2.75) is 25.9 Å². The predicted molar refractivity (Wildman–Crippen MR) is 140 cm³/mol. The first-order valence-electron chi connectivity index (χ1n) is 11.5. The molecule has 0 saturated carbocycles. The molecule has 0 aromatic heterocycles. The van der Waals surface area contributed by atoms with Gasteiger partial charge in [0.15, 0.2) is 6.04 Å². The molecule has 3 aromatic rings. The number of rotatable bonds is 7. The molecule has 2 N–H and O–H groups in total. The summed E-state index contributed by atoms with van der Waals surface area (Å²) >= 11 is 12.0. The molecule has 2 atom stereocenters. The first-order chi connectivity index (χ1) is 16.9. The van der Waals surface area contributed by atoms with Crippen LogP contribution in [-0.2, 0) is 4.79 Å². The molecule has 0 radical (unpaired) electrons. The predicted octanol–water partition coefficient (Wildman–Crippen LogP) is 4.86. The van der Waals surface area contributed by atoms with Gasteiger partial charge in [0, 0.05) is 45.5 Å². The minimum atomic E-state index is -0.814. The Morgan fingerprint density at radius 1 is 0.943 bits per heavy atom. The molecular formula is C27H27Cl2N4O2+. The van der Waals surface area contributed by atoms with Gasteiger partial charge in [-0.25, -0.2) is 0 Å². The summed E-state index contributed by atoms with van der Waals surface area (Å²) in [6.45, 7) is 6.10. The van der Waals surface area contributed by atoms with Crippen LogP contribution in [0.5, 0.6) is 0 Å². The lowest BCUT2D eigenvalue weighted by atomic mass is 9.99. The minimum absolute atomic E-state index is 0.303. The van der Waals surface area contributed by atoms with Crippen molar-refractivity contribution in [1.29, 1.82) is 0 Å². The van der Waals surface area contributed by atoms with Crippen LogP contribution in [0.2, 0.25) is 10.0 Å². The van der Waals surface area contributed by atoms with Gasteiger partial charge in [-0.1, -0.05) is 35.3 Å².